The molecule has 2 atom stereocenters. The largest absolute Gasteiger partial charge is 0.384 e. The van der Waals surface area contributed by atoms with Crippen LogP contribution < -0.4 is 5.32 Å². The third kappa shape index (κ3) is 5.82. The Balaban J connectivity index is 2.14. The molecule has 4 heteroatoms. The molecule has 17 heavy (non-hydrogen) atoms. The molecule has 1 fully saturated rings. The molecule has 1 saturated heterocycles. The molecule has 0 spiro atoms. The van der Waals surface area contributed by atoms with E-state index in [1.54, 1.807) is 7.11 Å². The highest BCUT2D eigenvalue weighted by atomic mass is 16.5. The second-order valence-electron chi connectivity index (χ2n) is 5.30. The zero-order valence-corrected chi connectivity index (χ0v) is 11.7. The van der Waals surface area contributed by atoms with E-state index in [9.17, 15) is 0 Å². The molecule has 0 aromatic heterocycles. The maximum Gasteiger partial charge on any atom is 0.0826 e. The van der Waals surface area contributed by atoms with Crippen molar-refractivity contribution in [2.24, 2.45) is 5.92 Å². The van der Waals surface area contributed by atoms with Gasteiger partial charge in [-0.3, -0.25) is 4.90 Å². The fraction of sp³-hybridized carbons (Fsp3) is 1.00. The minimum Gasteiger partial charge on any atom is -0.384 e. The summed E-state index contributed by atoms with van der Waals surface area (Å²) >= 11 is 0. The Hall–Kier alpha value is -0.160. The lowest BCUT2D eigenvalue weighted by atomic mass is 10.2. The van der Waals surface area contributed by atoms with E-state index in [0.29, 0.717) is 18.1 Å². The van der Waals surface area contributed by atoms with Crippen molar-refractivity contribution in [2.75, 3.05) is 46.5 Å². The molecule has 0 amide bonds. The molecular formula is C13H28N2O2. The van der Waals surface area contributed by atoms with Crippen LogP contribution in [0.25, 0.3) is 0 Å². The molecule has 1 rings (SSSR count). The first-order valence-electron chi connectivity index (χ1n) is 6.68. The monoisotopic (exact) mass is 244 g/mol. The van der Waals surface area contributed by atoms with Gasteiger partial charge in [0.25, 0.3) is 0 Å². The van der Waals surface area contributed by atoms with Crippen molar-refractivity contribution in [3.63, 3.8) is 0 Å². The summed E-state index contributed by atoms with van der Waals surface area (Å²) in [5, 5.41) is 3.47. The summed E-state index contributed by atoms with van der Waals surface area (Å²) < 4.78 is 10.9. The van der Waals surface area contributed by atoms with Crippen LogP contribution >= 0.6 is 0 Å². The Bertz CT molecular complexity index is 200. The number of nitrogens with one attached hydrogen (secondary N) is 1. The van der Waals surface area contributed by atoms with Crippen molar-refractivity contribution >= 4 is 0 Å². The minimum absolute atomic E-state index is 0.334. The standard InChI is InChI=1S/C13H28N2O2/c1-11(2)15-5-6-17-13(9-15)8-14-7-12(3)10-16-4/h11-14H,5-10H2,1-4H3. The van der Waals surface area contributed by atoms with Crippen LogP contribution in [0.4, 0.5) is 0 Å². The van der Waals surface area contributed by atoms with Crippen molar-refractivity contribution in [1.82, 2.24) is 10.2 Å². The van der Waals surface area contributed by atoms with Crippen LogP contribution in [0.5, 0.6) is 0 Å². The lowest BCUT2D eigenvalue weighted by Gasteiger charge is -2.35. The molecule has 1 N–H and O–H groups in total. The van der Waals surface area contributed by atoms with E-state index in [-0.39, 0.29) is 0 Å². The van der Waals surface area contributed by atoms with Crippen molar-refractivity contribution in [3.05, 3.63) is 0 Å². The average Bonchev–Trinajstić information content (AvgIpc) is 2.30. The number of morpholine rings is 1. The third-order valence-corrected chi connectivity index (χ3v) is 3.22. The van der Waals surface area contributed by atoms with Gasteiger partial charge >= 0.3 is 0 Å². The highest BCUT2D eigenvalue weighted by Gasteiger charge is 2.21. The summed E-state index contributed by atoms with van der Waals surface area (Å²) in [6.07, 6.45) is 0.334. The zero-order chi connectivity index (χ0) is 12.7. The van der Waals surface area contributed by atoms with Gasteiger partial charge in [0.15, 0.2) is 0 Å². The number of ether oxygens (including phenoxy) is 2. The lowest BCUT2D eigenvalue weighted by Crippen LogP contribution is -2.49. The highest BCUT2D eigenvalue weighted by molar-refractivity contribution is 4.75. The summed E-state index contributed by atoms with van der Waals surface area (Å²) in [6, 6.07) is 0.619. The summed E-state index contributed by atoms with van der Waals surface area (Å²) in [6.45, 7) is 12.4. The molecule has 0 aliphatic carbocycles. The molecule has 2 unspecified atom stereocenters. The number of nitrogens with zero attached hydrogens (tertiary/aromatic N) is 1. The maximum atomic E-state index is 5.76. The highest BCUT2D eigenvalue weighted by Crippen LogP contribution is 2.08. The van der Waals surface area contributed by atoms with Crippen LogP contribution in [-0.4, -0.2) is 63.5 Å². The van der Waals surface area contributed by atoms with Gasteiger partial charge in [-0.05, 0) is 26.3 Å². The van der Waals surface area contributed by atoms with Gasteiger partial charge in [-0.2, -0.15) is 0 Å². The van der Waals surface area contributed by atoms with E-state index in [1.165, 1.54) is 0 Å². The molecule has 0 radical (unpaired) electrons. The van der Waals surface area contributed by atoms with Crippen LogP contribution in [0.2, 0.25) is 0 Å². The second kappa shape index (κ2) is 8.03. The van der Waals surface area contributed by atoms with Gasteiger partial charge in [-0.25, -0.2) is 0 Å². The van der Waals surface area contributed by atoms with Gasteiger partial charge < -0.3 is 14.8 Å². The Morgan fingerprint density at radius 1 is 1.41 bits per heavy atom. The quantitative estimate of drug-likeness (QED) is 0.723. The number of hydrogen-bond donors (Lipinski definition) is 1. The number of rotatable bonds is 7. The summed E-state index contributed by atoms with van der Waals surface area (Å²) in [4.78, 5) is 2.48. The fourth-order valence-electron chi connectivity index (χ4n) is 2.17. The van der Waals surface area contributed by atoms with Gasteiger partial charge in [0, 0.05) is 39.4 Å². The maximum absolute atomic E-state index is 5.76. The molecule has 0 bridgehead atoms. The topological polar surface area (TPSA) is 33.7 Å². The van der Waals surface area contributed by atoms with Crippen molar-refractivity contribution in [1.29, 1.82) is 0 Å². The van der Waals surface area contributed by atoms with Crippen molar-refractivity contribution in [2.45, 2.75) is 32.9 Å². The predicted molar refractivity (Wildman–Crippen MR) is 70.4 cm³/mol. The first kappa shape index (κ1) is 14.9. The van der Waals surface area contributed by atoms with Crippen LogP contribution in [0, 0.1) is 5.92 Å². The normalized spacial score (nSPS) is 24.2. The molecule has 0 aromatic carbocycles. The van der Waals surface area contributed by atoms with Crippen LogP contribution in [-0.2, 0) is 9.47 Å². The molecule has 102 valence electrons. The number of methoxy groups -OCH3 is 1. The molecule has 1 aliphatic rings. The average molecular weight is 244 g/mol. The van der Waals surface area contributed by atoms with Gasteiger partial charge in [0.2, 0.25) is 0 Å². The summed E-state index contributed by atoms with van der Waals surface area (Å²) in [7, 11) is 1.75. The van der Waals surface area contributed by atoms with Gasteiger partial charge in [0.05, 0.1) is 12.7 Å². The van der Waals surface area contributed by atoms with Crippen molar-refractivity contribution < 1.29 is 9.47 Å². The first-order valence-corrected chi connectivity index (χ1v) is 6.68. The van der Waals surface area contributed by atoms with Gasteiger partial charge in [0.1, 0.15) is 0 Å². The minimum atomic E-state index is 0.334. The molecule has 1 heterocycles. The van der Waals surface area contributed by atoms with Gasteiger partial charge in [-0.15, -0.1) is 0 Å². The molecule has 4 nitrogen and oxygen atoms in total. The first-order chi connectivity index (χ1) is 8.13. The van der Waals surface area contributed by atoms with E-state index in [4.69, 9.17) is 9.47 Å². The Morgan fingerprint density at radius 2 is 2.18 bits per heavy atom. The Morgan fingerprint density at radius 3 is 2.82 bits per heavy atom. The van der Waals surface area contributed by atoms with E-state index in [1.807, 2.05) is 0 Å². The predicted octanol–water partition coefficient (Wildman–Crippen LogP) is 0.968. The SMILES string of the molecule is COCC(C)CNCC1CN(C(C)C)CCO1. The van der Waals surface area contributed by atoms with Crippen LogP contribution in [0.1, 0.15) is 20.8 Å². The van der Waals surface area contributed by atoms with Crippen molar-refractivity contribution in [3.8, 4) is 0 Å². The van der Waals surface area contributed by atoms with E-state index >= 15 is 0 Å². The summed E-state index contributed by atoms with van der Waals surface area (Å²) in [5.74, 6) is 0.560. The molecule has 1 aliphatic heterocycles. The van der Waals surface area contributed by atoms with E-state index in [2.05, 4.69) is 31.0 Å². The fourth-order valence-corrected chi connectivity index (χ4v) is 2.17. The second-order valence-corrected chi connectivity index (χ2v) is 5.30. The van der Waals surface area contributed by atoms with Crippen LogP contribution in [0.3, 0.4) is 0 Å². The molecule has 0 saturated carbocycles. The Kier molecular flexibility index (Phi) is 7.04. The summed E-state index contributed by atoms with van der Waals surface area (Å²) in [5.41, 5.74) is 0. The third-order valence-electron chi connectivity index (χ3n) is 3.22. The van der Waals surface area contributed by atoms with E-state index < -0.39 is 0 Å². The molecular weight excluding hydrogens is 216 g/mol. The zero-order valence-electron chi connectivity index (χ0n) is 11.7. The van der Waals surface area contributed by atoms with Gasteiger partial charge in [-0.1, -0.05) is 6.92 Å². The van der Waals surface area contributed by atoms with E-state index in [0.717, 1.165) is 39.4 Å². The Labute approximate surface area is 106 Å². The molecule has 0 aromatic rings. The lowest BCUT2D eigenvalue weighted by molar-refractivity contribution is -0.0375. The number of hydrogen-bond acceptors (Lipinski definition) is 4. The smallest absolute Gasteiger partial charge is 0.0826 e. The van der Waals surface area contributed by atoms with Crippen LogP contribution in [0.15, 0.2) is 0 Å².